The quantitative estimate of drug-likeness (QED) is 0.586. The van der Waals surface area contributed by atoms with E-state index >= 15 is 0 Å². The molecule has 2 heterocycles. The van der Waals surface area contributed by atoms with Crippen LogP contribution < -0.4 is 15.6 Å². The van der Waals surface area contributed by atoms with Crippen LogP contribution in [-0.2, 0) is 0 Å². The first-order valence-corrected chi connectivity index (χ1v) is 6.50. The van der Waals surface area contributed by atoms with Crippen LogP contribution in [0, 0.1) is 0 Å². The van der Waals surface area contributed by atoms with Crippen molar-refractivity contribution in [3.05, 3.63) is 60.2 Å². The number of aromatic amines is 1. The Morgan fingerprint density at radius 3 is 2.60 bits per heavy atom. The molecule has 3 aromatic rings. The summed E-state index contributed by atoms with van der Waals surface area (Å²) in [6, 6.07) is 18.3. The van der Waals surface area contributed by atoms with Crippen LogP contribution in [0.4, 0.5) is 5.95 Å². The minimum Gasteiger partial charge on any atom is -0.357 e. The number of benzene rings is 2. The van der Waals surface area contributed by atoms with Crippen LogP contribution in [0.15, 0.2) is 59.6 Å². The second kappa shape index (κ2) is 4.09. The van der Waals surface area contributed by atoms with Crippen molar-refractivity contribution >= 4 is 22.9 Å². The number of guanidine groups is 1. The van der Waals surface area contributed by atoms with Crippen LogP contribution in [0.1, 0.15) is 11.7 Å². The van der Waals surface area contributed by atoms with Crippen molar-refractivity contribution in [3.8, 4) is 0 Å². The van der Waals surface area contributed by atoms with E-state index in [2.05, 4.69) is 38.1 Å². The highest BCUT2D eigenvalue weighted by atomic mass is 15.4. The SMILES string of the molecule is NC1=N[C@@H](c2ccccc2)[n+]2c([nH]c3ccccc32)N1. The molecule has 98 valence electrons. The fourth-order valence-corrected chi connectivity index (χ4v) is 2.63. The third-order valence-electron chi connectivity index (χ3n) is 3.51. The third kappa shape index (κ3) is 1.56. The average molecular weight is 264 g/mol. The molecule has 5 nitrogen and oxygen atoms in total. The number of nitrogens with two attached hydrogens (primary N) is 1. The first-order chi connectivity index (χ1) is 9.83. The zero-order chi connectivity index (χ0) is 13.5. The van der Waals surface area contributed by atoms with Gasteiger partial charge in [-0.1, -0.05) is 42.5 Å². The van der Waals surface area contributed by atoms with Gasteiger partial charge in [-0.15, -0.1) is 0 Å². The predicted octanol–water partition coefficient (Wildman–Crippen LogP) is 1.74. The zero-order valence-corrected chi connectivity index (χ0v) is 10.7. The van der Waals surface area contributed by atoms with Gasteiger partial charge in [0.25, 0.3) is 5.96 Å². The summed E-state index contributed by atoms with van der Waals surface area (Å²) in [6.45, 7) is 0. The van der Waals surface area contributed by atoms with Crippen molar-refractivity contribution in [2.45, 2.75) is 6.17 Å². The van der Waals surface area contributed by atoms with Crippen molar-refractivity contribution in [2.24, 2.45) is 10.7 Å². The molecule has 1 atom stereocenters. The van der Waals surface area contributed by atoms with E-state index < -0.39 is 0 Å². The van der Waals surface area contributed by atoms with Gasteiger partial charge in [-0.2, -0.15) is 4.99 Å². The predicted molar refractivity (Wildman–Crippen MR) is 78.3 cm³/mol. The Morgan fingerprint density at radius 2 is 1.75 bits per heavy atom. The highest BCUT2D eigenvalue weighted by molar-refractivity contribution is 5.92. The average Bonchev–Trinajstić information content (AvgIpc) is 2.85. The van der Waals surface area contributed by atoms with Crippen molar-refractivity contribution < 1.29 is 4.57 Å². The highest BCUT2D eigenvalue weighted by Crippen LogP contribution is 2.23. The van der Waals surface area contributed by atoms with E-state index in [4.69, 9.17) is 5.73 Å². The van der Waals surface area contributed by atoms with Gasteiger partial charge in [-0.3, -0.25) is 0 Å². The summed E-state index contributed by atoms with van der Waals surface area (Å²) in [5.74, 6) is 1.28. The summed E-state index contributed by atoms with van der Waals surface area (Å²) >= 11 is 0. The molecular formula is C15H14N5+. The number of nitrogens with one attached hydrogen (secondary N) is 2. The molecule has 0 aliphatic carbocycles. The van der Waals surface area contributed by atoms with Gasteiger partial charge in [0, 0.05) is 5.56 Å². The molecular weight excluding hydrogens is 250 g/mol. The van der Waals surface area contributed by atoms with E-state index in [1.54, 1.807) is 0 Å². The first kappa shape index (κ1) is 11.0. The Labute approximate surface area is 115 Å². The molecule has 0 bridgehead atoms. The Hall–Kier alpha value is -2.82. The van der Waals surface area contributed by atoms with Crippen LogP contribution in [0.5, 0.6) is 0 Å². The lowest BCUT2D eigenvalue weighted by Gasteiger charge is -2.17. The van der Waals surface area contributed by atoms with Gasteiger partial charge in [0.15, 0.2) is 0 Å². The van der Waals surface area contributed by atoms with Crippen LogP contribution >= 0.6 is 0 Å². The number of hydrogen-bond acceptors (Lipinski definition) is 3. The fourth-order valence-electron chi connectivity index (χ4n) is 2.63. The number of anilines is 1. The van der Waals surface area contributed by atoms with Gasteiger partial charge >= 0.3 is 5.95 Å². The summed E-state index contributed by atoms with van der Waals surface area (Å²) in [5, 5.41) is 3.08. The smallest absolute Gasteiger partial charge is 0.357 e. The molecule has 0 saturated carbocycles. The summed E-state index contributed by atoms with van der Waals surface area (Å²) < 4.78 is 2.13. The number of H-pyrrole nitrogens is 1. The maximum Gasteiger partial charge on any atom is 0.365 e. The molecule has 0 spiro atoms. The Bertz CT molecular complexity index is 804. The van der Waals surface area contributed by atoms with Crippen molar-refractivity contribution in [3.63, 3.8) is 0 Å². The molecule has 4 rings (SSSR count). The first-order valence-electron chi connectivity index (χ1n) is 6.50. The van der Waals surface area contributed by atoms with E-state index in [-0.39, 0.29) is 6.17 Å². The normalized spacial score (nSPS) is 17.4. The van der Waals surface area contributed by atoms with E-state index in [1.165, 1.54) is 0 Å². The van der Waals surface area contributed by atoms with Crippen LogP contribution in [0.3, 0.4) is 0 Å². The second-order valence-corrected chi connectivity index (χ2v) is 4.78. The molecule has 5 heteroatoms. The fraction of sp³-hybridized carbons (Fsp3) is 0.0667. The number of aromatic nitrogens is 2. The maximum atomic E-state index is 5.90. The van der Waals surface area contributed by atoms with Crippen LogP contribution in [0.2, 0.25) is 0 Å². The number of rotatable bonds is 1. The molecule has 1 aromatic heterocycles. The topological polar surface area (TPSA) is 70.1 Å². The Morgan fingerprint density at radius 1 is 1.00 bits per heavy atom. The van der Waals surface area contributed by atoms with Gasteiger partial charge in [-0.25, -0.2) is 14.9 Å². The molecule has 0 fully saturated rings. The number of fused-ring (bicyclic) bond motifs is 3. The summed E-state index contributed by atoms with van der Waals surface area (Å²) in [7, 11) is 0. The molecule has 0 unspecified atom stereocenters. The van der Waals surface area contributed by atoms with E-state index in [1.807, 2.05) is 36.4 Å². The zero-order valence-electron chi connectivity index (χ0n) is 10.7. The minimum atomic E-state index is -0.149. The molecule has 0 amide bonds. The number of nitrogens with zero attached hydrogens (tertiary/aromatic N) is 2. The summed E-state index contributed by atoms with van der Waals surface area (Å²) in [6.07, 6.45) is -0.149. The molecule has 1 aliphatic heterocycles. The minimum absolute atomic E-state index is 0.149. The number of imidazole rings is 1. The van der Waals surface area contributed by atoms with E-state index in [9.17, 15) is 0 Å². The van der Waals surface area contributed by atoms with Crippen molar-refractivity contribution in [1.29, 1.82) is 0 Å². The van der Waals surface area contributed by atoms with Crippen molar-refractivity contribution in [2.75, 3.05) is 5.32 Å². The molecule has 1 aliphatic rings. The number of para-hydroxylation sites is 2. The van der Waals surface area contributed by atoms with Crippen molar-refractivity contribution in [1.82, 2.24) is 4.98 Å². The lowest BCUT2D eigenvalue weighted by atomic mass is 10.1. The van der Waals surface area contributed by atoms with Gasteiger partial charge in [0.05, 0.1) is 0 Å². The standard InChI is InChI=1S/C15H13N5/c16-14-18-13(10-6-2-1-3-7-10)20-12-9-5-4-8-11(12)17-15(20)19-14/h1-9,13H,(H3,16,17,18,19)/p+1/t13-/m1/s1. The molecule has 0 radical (unpaired) electrons. The largest absolute Gasteiger partial charge is 0.365 e. The number of hydrogen-bond donors (Lipinski definition) is 3. The van der Waals surface area contributed by atoms with E-state index in [0.29, 0.717) is 5.96 Å². The Balaban J connectivity index is 1.98. The summed E-state index contributed by atoms with van der Waals surface area (Å²) in [4.78, 5) is 7.88. The van der Waals surface area contributed by atoms with Gasteiger partial charge < -0.3 is 5.73 Å². The van der Waals surface area contributed by atoms with Gasteiger partial charge in [0.1, 0.15) is 11.0 Å². The molecule has 4 N–H and O–H groups in total. The highest BCUT2D eigenvalue weighted by Gasteiger charge is 2.30. The van der Waals surface area contributed by atoms with E-state index in [0.717, 1.165) is 22.5 Å². The van der Waals surface area contributed by atoms with Crippen LogP contribution in [0.25, 0.3) is 11.0 Å². The second-order valence-electron chi connectivity index (χ2n) is 4.78. The van der Waals surface area contributed by atoms with Gasteiger partial charge in [-0.05, 0) is 12.1 Å². The monoisotopic (exact) mass is 264 g/mol. The molecule has 0 saturated heterocycles. The lowest BCUT2D eigenvalue weighted by Crippen LogP contribution is -2.47. The number of aliphatic imine (C=N–C) groups is 1. The van der Waals surface area contributed by atoms with Crippen LogP contribution in [-0.4, -0.2) is 10.9 Å². The maximum absolute atomic E-state index is 5.90. The third-order valence-corrected chi connectivity index (χ3v) is 3.51. The molecule has 2 aromatic carbocycles. The Kier molecular flexibility index (Phi) is 2.26. The molecule has 20 heavy (non-hydrogen) atoms. The van der Waals surface area contributed by atoms with Gasteiger partial charge in [0.2, 0.25) is 6.17 Å². The lowest BCUT2D eigenvalue weighted by molar-refractivity contribution is -0.674. The summed E-state index contributed by atoms with van der Waals surface area (Å²) in [5.41, 5.74) is 9.16.